The molecule has 0 saturated carbocycles. The van der Waals surface area contributed by atoms with Crippen molar-refractivity contribution in [3.63, 3.8) is 0 Å². The van der Waals surface area contributed by atoms with E-state index < -0.39 is 5.97 Å². The van der Waals surface area contributed by atoms with Gasteiger partial charge in [-0.1, -0.05) is 30.3 Å². The van der Waals surface area contributed by atoms with Gasteiger partial charge < -0.3 is 18.9 Å². The first-order valence-corrected chi connectivity index (χ1v) is 10.0. The summed E-state index contributed by atoms with van der Waals surface area (Å²) in [5, 5.41) is 3.97. The normalized spacial score (nSPS) is 10.5. The van der Waals surface area contributed by atoms with Crippen LogP contribution in [0.25, 0.3) is 0 Å². The zero-order chi connectivity index (χ0) is 23.6. The zero-order valence-electron chi connectivity index (χ0n) is 18.5. The second kappa shape index (κ2) is 11.3. The molecule has 8 nitrogen and oxygen atoms in total. The van der Waals surface area contributed by atoms with E-state index in [1.807, 2.05) is 30.3 Å². The molecule has 0 spiro atoms. The summed E-state index contributed by atoms with van der Waals surface area (Å²) in [5.74, 6) is 0.686. The van der Waals surface area contributed by atoms with Gasteiger partial charge in [-0.3, -0.25) is 4.79 Å². The van der Waals surface area contributed by atoms with Crippen LogP contribution in [0.15, 0.2) is 71.8 Å². The van der Waals surface area contributed by atoms with Crippen LogP contribution in [0, 0.1) is 0 Å². The fraction of sp³-hybridized carbons (Fsp3) is 0.160. The molecule has 0 fully saturated rings. The third kappa shape index (κ3) is 6.33. The number of hydrogen-bond acceptors (Lipinski definition) is 7. The molecule has 0 heterocycles. The third-order valence-electron chi connectivity index (χ3n) is 4.62. The number of hydrogen-bond donors (Lipinski definition) is 1. The molecule has 1 N–H and O–H groups in total. The van der Waals surface area contributed by atoms with E-state index >= 15 is 0 Å². The Bertz CT molecular complexity index is 1140. The van der Waals surface area contributed by atoms with Crippen LogP contribution in [-0.2, 0) is 11.2 Å². The molecule has 3 aromatic rings. The van der Waals surface area contributed by atoms with Gasteiger partial charge in [0.15, 0.2) is 23.0 Å². The summed E-state index contributed by atoms with van der Waals surface area (Å²) < 4.78 is 21.2. The van der Waals surface area contributed by atoms with Crippen LogP contribution in [-0.4, -0.2) is 39.4 Å². The van der Waals surface area contributed by atoms with Crippen molar-refractivity contribution in [2.24, 2.45) is 5.10 Å². The van der Waals surface area contributed by atoms with E-state index in [1.54, 1.807) is 30.3 Å². The molecule has 0 aliphatic heterocycles. The molecule has 0 saturated heterocycles. The molecule has 0 atom stereocenters. The average Bonchev–Trinajstić information content (AvgIpc) is 2.84. The maximum absolute atomic E-state index is 12.6. The largest absolute Gasteiger partial charge is 0.493 e. The number of carbonyl (C=O) groups excluding carboxylic acids is 2. The maximum Gasteiger partial charge on any atom is 0.343 e. The third-order valence-corrected chi connectivity index (χ3v) is 4.62. The summed E-state index contributed by atoms with van der Waals surface area (Å²) in [6, 6.07) is 19.0. The number of rotatable bonds is 9. The molecular formula is C25H24N2O6. The first-order valence-electron chi connectivity index (χ1n) is 10.0. The number of amides is 1. The molecule has 8 heteroatoms. The molecule has 170 valence electrons. The van der Waals surface area contributed by atoms with Crippen molar-refractivity contribution < 1.29 is 28.5 Å². The van der Waals surface area contributed by atoms with Crippen LogP contribution in [0.5, 0.6) is 23.0 Å². The van der Waals surface area contributed by atoms with E-state index in [-0.39, 0.29) is 18.1 Å². The SMILES string of the molecule is COc1ccc(C(=O)Oc2ccc(/C=N/NC(=O)Cc3ccccc3)cc2OC)cc1OC. The number of ether oxygens (including phenoxy) is 4. The smallest absolute Gasteiger partial charge is 0.343 e. The van der Waals surface area contributed by atoms with Gasteiger partial charge in [0, 0.05) is 0 Å². The highest BCUT2D eigenvalue weighted by Gasteiger charge is 2.15. The molecule has 33 heavy (non-hydrogen) atoms. The monoisotopic (exact) mass is 448 g/mol. The predicted octanol–water partition coefficient (Wildman–Crippen LogP) is 3.62. The maximum atomic E-state index is 12.6. The topological polar surface area (TPSA) is 95.5 Å². The van der Waals surface area contributed by atoms with Gasteiger partial charge in [-0.05, 0) is 47.5 Å². The molecule has 3 aromatic carbocycles. The highest BCUT2D eigenvalue weighted by Crippen LogP contribution is 2.31. The summed E-state index contributed by atoms with van der Waals surface area (Å²) in [4.78, 5) is 24.6. The van der Waals surface area contributed by atoms with E-state index in [1.165, 1.54) is 33.6 Å². The highest BCUT2D eigenvalue weighted by molar-refractivity contribution is 5.92. The van der Waals surface area contributed by atoms with E-state index in [0.717, 1.165) is 5.56 Å². The van der Waals surface area contributed by atoms with Gasteiger partial charge in [0.1, 0.15) is 0 Å². The Balaban J connectivity index is 1.65. The second-order valence-electron chi connectivity index (χ2n) is 6.83. The zero-order valence-corrected chi connectivity index (χ0v) is 18.5. The molecule has 0 bridgehead atoms. The van der Waals surface area contributed by atoms with Crippen LogP contribution in [0.2, 0.25) is 0 Å². The van der Waals surface area contributed by atoms with Crippen LogP contribution >= 0.6 is 0 Å². The number of hydrazone groups is 1. The summed E-state index contributed by atoms with van der Waals surface area (Å²) in [6.45, 7) is 0. The molecule has 1 amide bonds. The quantitative estimate of drug-likeness (QED) is 0.233. The van der Waals surface area contributed by atoms with Crippen LogP contribution < -0.4 is 24.4 Å². The Morgan fingerprint density at radius 1 is 0.818 bits per heavy atom. The van der Waals surface area contributed by atoms with Crippen molar-refractivity contribution in [1.29, 1.82) is 0 Å². The van der Waals surface area contributed by atoms with Gasteiger partial charge in [0.2, 0.25) is 5.91 Å². The van der Waals surface area contributed by atoms with Crippen LogP contribution in [0.1, 0.15) is 21.5 Å². The summed E-state index contributed by atoms with van der Waals surface area (Å²) in [7, 11) is 4.46. The Morgan fingerprint density at radius 2 is 1.48 bits per heavy atom. The van der Waals surface area contributed by atoms with E-state index in [2.05, 4.69) is 10.5 Å². The summed E-state index contributed by atoms with van der Waals surface area (Å²) in [5.41, 5.74) is 4.33. The predicted molar refractivity (Wildman–Crippen MR) is 123 cm³/mol. The van der Waals surface area contributed by atoms with Gasteiger partial charge in [-0.2, -0.15) is 5.10 Å². The number of esters is 1. The van der Waals surface area contributed by atoms with Gasteiger partial charge in [0.25, 0.3) is 0 Å². The van der Waals surface area contributed by atoms with Gasteiger partial charge in [-0.25, -0.2) is 10.2 Å². The number of carbonyl (C=O) groups is 2. The number of nitrogens with zero attached hydrogens (tertiary/aromatic N) is 1. The Morgan fingerprint density at radius 3 is 2.18 bits per heavy atom. The van der Waals surface area contributed by atoms with Crippen molar-refractivity contribution in [1.82, 2.24) is 5.43 Å². The Kier molecular flexibility index (Phi) is 8.02. The van der Waals surface area contributed by atoms with Crippen LogP contribution in [0.4, 0.5) is 0 Å². The van der Waals surface area contributed by atoms with Crippen LogP contribution in [0.3, 0.4) is 0 Å². The van der Waals surface area contributed by atoms with Crippen molar-refractivity contribution in [3.8, 4) is 23.0 Å². The van der Waals surface area contributed by atoms with Gasteiger partial charge >= 0.3 is 5.97 Å². The van der Waals surface area contributed by atoms with Gasteiger partial charge in [0.05, 0.1) is 39.5 Å². The van der Waals surface area contributed by atoms with Gasteiger partial charge in [-0.15, -0.1) is 0 Å². The lowest BCUT2D eigenvalue weighted by Crippen LogP contribution is -2.19. The second-order valence-corrected chi connectivity index (χ2v) is 6.83. The fourth-order valence-corrected chi connectivity index (χ4v) is 2.97. The van der Waals surface area contributed by atoms with E-state index in [0.29, 0.717) is 28.4 Å². The highest BCUT2D eigenvalue weighted by atomic mass is 16.6. The molecule has 0 aliphatic rings. The Hall–Kier alpha value is -4.33. The first kappa shape index (κ1) is 23.3. The van der Waals surface area contributed by atoms with E-state index in [9.17, 15) is 9.59 Å². The number of benzene rings is 3. The summed E-state index contributed by atoms with van der Waals surface area (Å²) in [6.07, 6.45) is 1.71. The minimum absolute atomic E-state index is 0.229. The van der Waals surface area contributed by atoms with Crippen molar-refractivity contribution in [2.45, 2.75) is 6.42 Å². The number of nitrogens with one attached hydrogen (secondary N) is 1. The fourth-order valence-electron chi connectivity index (χ4n) is 2.97. The lowest BCUT2D eigenvalue weighted by Gasteiger charge is -2.11. The van der Waals surface area contributed by atoms with Crippen molar-refractivity contribution in [3.05, 3.63) is 83.4 Å². The van der Waals surface area contributed by atoms with E-state index in [4.69, 9.17) is 18.9 Å². The minimum Gasteiger partial charge on any atom is -0.493 e. The standard InChI is InChI=1S/C25H24N2O6/c1-30-20-12-10-19(15-23(20)32-3)25(29)33-21-11-9-18(13-22(21)31-2)16-26-27-24(28)14-17-7-5-4-6-8-17/h4-13,15-16H,14H2,1-3H3,(H,27,28)/b26-16+. The lowest BCUT2D eigenvalue weighted by molar-refractivity contribution is -0.120. The molecule has 0 unspecified atom stereocenters. The Labute approximate surface area is 191 Å². The lowest BCUT2D eigenvalue weighted by atomic mass is 10.1. The molecule has 0 radical (unpaired) electrons. The average molecular weight is 448 g/mol. The molecule has 0 aromatic heterocycles. The number of methoxy groups -OCH3 is 3. The molecular weight excluding hydrogens is 424 g/mol. The van der Waals surface area contributed by atoms with Crippen molar-refractivity contribution in [2.75, 3.05) is 21.3 Å². The van der Waals surface area contributed by atoms with Crippen molar-refractivity contribution >= 4 is 18.1 Å². The molecule has 0 aliphatic carbocycles. The minimum atomic E-state index is -0.580. The summed E-state index contributed by atoms with van der Waals surface area (Å²) >= 11 is 0. The molecule has 3 rings (SSSR count). The first-order chi connectivity index (χ1) is 16.0.